The van der Waals surface area contributed by atoms with Crippen LogP contribution in [0.5, 0.6) is 5.75 Å². The molecule has 0 amide bonds. The van der Waals surface area contributed by atoms with Gasteiger partial charge in [-0.2, -0.15) is 0 Å². The Morgan fingerprint density at radius 1 is 1.00 bits per heavy atom. The average molecular weight is 278 g/mol. The Balaban J connectivity index is 0.00000180. The Hall–Kier alpha value is -1.84. The maximum Gasteiger partial charge on any atom is 0.343 e. The van der Waals surface area contributed by atoms with E-state index >= 15 is 0 Å². The van der Waals surface area contributed by atoms with Gasteiger partial charge in [0.1, 0.15) is 5.75 Å². The van der Waals surface area contributed by atoms with E-state index in [2.05, 4.69) is 0 Å². The molecule has 0 bridgehead atoms. The van der Waals surface area contributed by atoms with Crippen LogP contribution in [0.25, 0.3) is 0 Å². The largest absolute Gasteiger partial charge is 0.423 e. The molecule has 2 N–H and O–H groups in total. The molecule has 4 heteroatoms. The van der Waals surface area contributed by atoms with Gasteiger partial charge < -0.3 is 10.5 Å². The van der Waals surface area contributed by atoms with E-state index in [1.54, 1.807) is 24.3 Å². The minimum absolute atomic E-state index is 0. The lowest BCUT2D eigenvalue weighted by Gasteiger charge is -2.04. The first-order chi connectivity index (χ1) is 8.79. The van der Waals surface area contributed by atoms with Crippen LogP contribution in [0.3, 0.4) is 0 Å². The number of rotatable bonds is 4. The first kappa shape index (κ1) is 15.2. The van der Waals surface area contributed by atoms with E-state index in [1.807, 2.05) is 30.3 Å². The molecule has 0 spiro atoms. The molecule has 0 radical (unpaired) electrons. The van der Waals surface area contributed by atoms with Gasteiger partial charge in [0.25, 0.3) is 0 Å². The third kappa shape index (κ3) is 4.39. The fourth-order valence-electron chi connectivity index (χ4n) is 1.63. The van der Waals surface area contributed by atoms with Crippen LogP contribution in [0.1, 0.15) is 15.9 Å². The highest BCUT2D eigenvalue weighted by Crippen LogP contribution is 2.12. The van der Waals surface area contributed by atoms with Crippen LogP contribution < -0.4 is 10.5 Å². The van der Waals surface area contributed by atoms with Gasteiger partial charge >= 0.3 is 5.97 Å². The van der Waals surface area contributed by atoms with Crippen LogP contribution in [0, 0.1) is 0 Å². The molecule has 0 aliphatic heterocycles. The quantitative estimate of drug-likeness (QED) is 0.691. The summed E-state index contributed by atoms with van der Waals surface area (Å²) in [7, 11) is 0. The van der Waals surface area contributed by atoms with Gasteiger partial charge in [-0.1, -0.05) is 30.3 Å². The molecule has 0 aliphatic rings. The van der Waals surface area contributed by atoms with E-state index in [0.29, 0.717) is 17.9 Å². The molecule has 0 fully saturated rings. The standard InChI is InChI=1S/C15H15NO2.ClH/c16-11-10-12-6-8-13(9-7-12)15(17)18-14-4-2-1-3-5-14;/h1-9H,10-11,16H2;1H. The molecule has 0 heterocycles. The molecule has 0 saturated carbocycles. The summed E-state index contributed by atoms with van der Waals surface area (Å²) >= 11 is 0. The number of benzene rings is 2. The third-order valence-electron chi connectivity index (χ3n) is 2.58. The number of carbonyl (C=O) groups excluding carboxylic acids is 1. The van der Waals surface area contributed by atoms with E-state index < -0.39 is 0 Å². The zero-order valence-electron chi connectivity index (χ0n) is 10.4. The highest BCUT2D eigenvalue weighted by Gasteiger charge is 2.07. The molecule has 2 aromatic rings. The van der Waals surface area contributed by atoms with E-state index in [0.717, 1.165) is 12.0 Å². The van der Waals surface area contributed by atoms with Crippen molar-refractivity contribution in [3.05, 3.63) is 65.7 Å². The SMILES string of the molecule is Cl.NCCc1ccc(C(=O)Oc2ccccc2)cc1. The number of esters is 1. The summed E-state index contributed by atoms with van der Waals surface area (Å²) in [5.74, 6) is 0.203. The summed E-state index contributed by atoms with van der Waals surface area (Å²) in [6.45, 7) is 0.605. The molecular weight excluding hydrogens is 262 g/mol. The van der Waals surface area contributed by atoms with Crippen molar-refractivity contribution in [2.45, 2.75) is 6.42 Å². The van der Waals surface area contributed by atoms with Gasteiger partial charge in [0.2, 0.25) is 0 Å². The minimum atomic E-state index is -0.347. The van der Waals surface area contributed by atoms with Crippen LogP contribution in [-0.4, -0.2) is 12.5 Å². The monoisotopic (exact) mass is 277 g/mol. The summed E-state index contributed by atoms with van der Waals surface area (Å²) in [4.78, 5) is 11.8. The second-order valence-electron chi connectivity index (χ2n) is 3.94. The van der Waals surface area contributed by atoms with Crippen molar-refractivity contribution >= 4 is 18.4 Å². The number of carbonyl (C=O) groups is 1. The van der Waals surface area contributed by atoms with E-state index in [-0.39, 0.29) is 18.4 Å². The molecule has 2 aromatic carbocycles. The maximum absolute atomic E-state index is 11.8. The number of ether oxygens (including phenoxy) is 1. The summed E-state index contributed by atoms with van der Waals surface area (Å²) in [5, 5.41) is 0. The molecule has 0 aromatic heterocycles. The average Bonchev–Trinajstić information content (AvgIpc) is 2.41. The second-order valence-corrected chi connectivity index (χ2v) is 3.94. The molecule has 0 aliphatic carbocycles. The van der Waals surface area contributed by atoms with Gasteiger partial charge in [0.05, 0.1) is 5.56 Å². The minimum Gasteiger partial charge on any atom is -0.423 e. The molecule has 2 rings (SSSR count). The fourth-order valence-corrected chi connectivity index (χ4v) is 1.63. The zero-order chi connectivity index (χ0) is 12.8. The van der Waals surface area contributed by atoms with Crippen molar-refractivity contribution in [1.29, 1.82) is 0 Å². The Labute approximate surface area is 118 Å². The zero-order valence-corrected chi connectivity index (χ0v) is 11.2. The second kappa shape index (κ2) is 7.56. The first-order valence-electron chi connectivity index (χ1n) is 5.86. The highest BCUT2D eigenvalue weighted by molar-refractivity contribution is 5.91. The normalized spacial score (nSPS) is 9.53. The van der Waals surface area contributed by atoms with Gasteiger partial charge in [0, 0.05) is 0 Å². The van der Waals surface area contributed by atoms with Crippen molar-refractivity contribution < 1.29 is 9.53 Å². The maximum atomic E-state index is 11.8. The topological polar surface area (TPSA) is 52.3 Å². The smallest absolute Gasteiger partial charge is 0.343 e. The summed E-state index contributed by atoms with van der Waals surface area (Å²) in [6.07, 6.45) is 0.814. The van der Waals surface area contributed by atoms with Crippen LogP contribution in [0.4, 0.5) is 0 Å². The summed E-state index contributed by atoms with van der Waals surface area (Å²) in [6, 6.07) is 16.3. The van der Waals surface area contributed by atoms with Gasteiger partial charge in [-0.3, -0.25) is 0 Å². The van der Waals surface area contributed by atoms with Crippen LogP contribution in [-0.2, 0) is 6.42 Å². The van der Waals surface area contributed by atoms with Crippen molar-refractivity contribution in [3.63, 3.8) is 0 Å². The van der Waals surface area contributed by atoms with E-state index in [1.165, 1.54) is 0 Å². The van der Waals surface area contributed by atoms with E-state index in [9.17, 15) is 4.79 Å². The van der Waals surface area contributed by atoms with Crippen LogP contribution in [0.15, 0.2) is 54.6 Å². The number of hydrogen-bond donors (Lipinski definition) is 1. The number of halogens is 1. The van der Waals surface area contributed by atoms with Crippen LogP contribution >= 0.6 is 12.4 Å². The number of hydrogen-bond acceptors (Lipinski definition) is 3. The number of para-hydroxylation sites is 1. The van der Waals surface area contributed by atoms with Crippen molar-refractivity contribution in [2.24, 2.45) is 5.73 Å². The molecular formula is C15H16ClNO2. The predicted molar refractivity (Wildman–Crippen MR) is 77.8 cm³/mol. The lowest BCUT2D eigenvalue weighted by Crippen LogP contribution is -2.09. The van der Waals surface area contributed by atoms with Crippen molar-refractivity contribution in [3.8, 4) is 5.75 Å². The molecule has 0 saturated heterocycles. The van der Waals surface area contributed by atoms with Crippen molar-refractivity contribution in [2.75, 3.05) is 6.54 Å². The van der Waals surface area contributed by atoms with Gasteiger partial charge in [-0.05, 0) is 42.8 Å². The lowest BCUT2D eigenvalue weighted by molar-refractivity contribution is 0.0735. The fraction of sp³-hybridized carbons (Fsp3) is 0.133. The van der Waals surface area contributed by atoms with Gasteiger partial charge in [-0.25, -0.2) is 4.79 Å². The lowest BCUT2D eigenvalue weighted by atomic mass is 10.1. The Morgan fingerprint density at radius 2 is 1.63 bits per heavy atom. The third-order valence-corrected chi connectivity index (χ3v) is 2.58. The Kier molecular flexibility index (Phi) is 6.06. The highest BCUT2D eigenvalue weighted by atomic mass is 35.5. The number of nitrogens with two attached hydrogens (primary N) is 1. The molecule has 3 nitrogen and oxygen atoms in total. The van der Waals surface area contributed by atoms with Crippen LogP contribution in [0.2, 0.25) is 0 Å². The Morgan fingerprint density at radius 3 is 2.21 bits per heavy atom. The molecule has 100 valence electrons. The first-order valence-corrected chi connectivity index (χ1v) is 5.86. The summed E-state index contributed by atoms with van der Waals surface area (Å²) in [5.41, 5.74) is 7.13. The predicted octanol–water partition coefficient (Wildman–Crippen LogP) is 2.83. The van der Waals surface area contributed by atoms with Gasteiger partial charge in [-0.15, -0.1) is 12.4 Å². The van der Waals surface area contributed by atoms with Crippen molar-refractivity contribution in [1.82, 2.24) is 0 Å². The molecule has 0 unspecified atom stereocenters. The van der Waals surface area contributed by atoms with E-state index in [4.69, 9.17) is 10.5 Å². The molecule has 19 heavy (non-hydrogen) atoms. The Bertz CT molecular complexity index is 511. The molecule has 0 atom stereocenters. The van der Waals surface area contributed by atoms with Gasteiger partial charge in [0.15, 0.2) is 0 Å². The summed E-state index contributed by atoms with van der Waals surface area (Å²) < 4.78 is 5.24.